The molecular formula is C16H18FN3. The van der Waals surface area contributed by atoms with Crippen molar-refractivity contribution in [1.82, 2.24) is 15.3 Å². The number of nitrogens with zero attached hydrogens (tertiary/aromatic N) is 2. The summed E-state index contributed by atoms with van der Waals surface area (Å²) in [6.45, 7) is 3.97. The van der Waals surface area contributed by atoms with Crippen molar-refractivity contribution < 1.29 is 4.39 Å². The van der Waals surface area contributed by atoms with E-state index >= 15 is 0 Å². The van der Waals surface area contributed by atoms with Crippen LogP contribution in [0.2, 0.25) is 0 Å². The number of benzene rings is 1. The predicted octanol–water partition coefficient (Wildman–Crippen LogP) is 2.88. The Balaban J connectivity index is 2.07. The smallest absolute Gasteiger partial charge is 0.159 e. The Kier molecular flexibility index (Phi) is 3.74. The average Bonchev–Trinajstić information content (AvgIpc) is 2.48. The van der Waals surface area contributed by atoms with Gasteiger partial charge >= 0.3 is 0 Å². The van der Waals surface area contributed by atoms with E-state index in [0.29, 0.717) is 5.82 Å². The molecule has 3 nitrogen and oxygen atoms in total. The molecule has 0 fully saturated rings. The van der Waals surface area contributed by atoms with Crippen molar-refractivity contribution in [2.24, 2.45) is 0 Å². The third-order valence-electron chi connectivity index (χ3n) is 3.61. The quantitative estimate of drug-likeness (QED) is 0.932. The van der Waals surface area contributed by atoms with Crippen LogP contribution in [0.4, 0.5) is 4.39 Å². The highest BCUT2D eigenvalue weighted by molar-refractivity contribution is 5.56. The zero-order chi connectivity index (χ0) is 13.9. The minimum absolute atomic E-state index is 0.232. The van der Waals surface area contributed by atoms with E-state index in [9.17, 15) is 4.39 Å². The monoisotopic (exact) mass is 271 g/mol. The highest BCUT2D eigenvalue weighted by Crippen LogP contribution is 2.22. The van der Waals surface area contributed by atoms with E-state index in [4.69, 9.17) is 4.98 Å². The van der Waals surface area contributed by atoms with Gasteiger partial charge in [-0.1, -0.05) is 13.3 Å². The third kappa shape index (κ3) is 2.56. The zero-order valence-electron chi connectivity index (χ0n) is 11.6. The molecule has 0 saturated carbocycles. The molecule has 0 atom stereocenters. The van der Waals surface area contributed by atoms with Crippen LogP contribution in [0.25, 0.3) is 11.4 Å². The van der Waals surface area contributed by atoms with Gasteiger partial charge in [0.2, 0.25) is 0 Å². The van der Waals surface area contributed by atoms with Gasteiger partial charge in [-0.05, 0) is 30.7 Å². The average molecular weight is 271 g/mol. The van der Waals surface area contributed by atoms with Crippen LogP contribution in [0.3, 0.4) is 0 Å². The SMILES string of the molecule is CCCc1nc(-c2ccc(F)cc2)nc2c1CNCC2. The Morgan fingerprint density at radius 3 is 2.75 bits per heavy atom. The van der Waals surface area contributed by atoms with Gasteiger partial charge in [0.15, 0.2) is 5.82 Å². The fourth-order valence-corrected chi connectivity index (χ4v) is 2.58. The van der Waals surface area contributed by atoms with Crippen LogP contribution >= 0.6 is 0 Å². The van der Waals surface area contributed by atoms with E-state index in [1.165, 1.54) is 17.7 Å². The highest BCUT2D eigenvalue weighted by Gasteiger charge is 2.17. The minimum atomic E-state index is -0.232. The van der Waals surface area contributed by atoms with E-state index in [-0.39, 0.29) is 5.82 Å². The summed E-state index contributed by atoms with van der Waals surface area (Å²) in [5.41, 5.74) is 4.40. The molecule has 0 radical (unpaired) electrons. The Bertz CT molecular complexity index is 608. The third-order valence-corrected chi connectivity index (χ3v) is 3.61. The number of halogens is 1. The lowest BCUT2D eigenvalue weighted by Gasteiger charge is -2.20. The van der Waals surface area contributed by atoms with Crippen molar-refractivity contribution in [3.63, 3.8) is 0 Å². The number of fused-ring (bicyclic) bond motifs is 1. The van der Waals surface area contributed by atoms with E-state index in [0.717, 1.165) is 49.3 Å². The zero-order valence-corrected chi connectivity index (χ0v) is 11.6. The lowest BCUT2D eigenvalue weighted by Crippen LogP contribution is -2.26. The fourth-order valence-electron chi connectivity index (χ4n) is 2.58. The maximum atomic E-state index is 13.0. The molecule has 0 unspecified atom stereocenters. The van der Waals surface area contributed by atoms with Gasteiger partial charge in [0, 0.05) is 36.3 Å². The van der Waals surface area contributed by atoms with E-state index in [2.05, 4.69) is 17.2 Å². The first-order valence-corrected chi connectivity index (χ1v) is 7.13. The summed E-state index contributed by atoms with van der Waals surface area (Å²) in [4.78, 5) is 9.38. The minimum Gasteiger partial charge on any atom is -0.312 e. The maximum Gasteiger partial charge on any atom is 0.159 e. The Hall–Kier alpha value is -1.81. The van der Waals surface area contributed by atoms with Gasteiger partial charge in [-0.25, -0.2) is 14.4 Å². The van der Waals surface area contributed by atoms with Crippen LogP contribution in [0.5, 0.6) is 0 Å². The van der Waals surface area contributed by atoms with E-state index in [1.807, 2.05) is 0 Å². The predicted molar refractivity (Wildman–Crippen MR) is 76.8 cm³/mol. The first-order chi connectivity index (χ1) is 9.78. The largest absolute Gasteiger partial charge is 0.312 e. The summed E-state index contributed by atoms with van der Waals surface area (Å²) in [7, 11) is 0. The van der Waals surface area contributed by atoms with Crippen LogP contribution < -0.4 is 5.32 Å². The van der Waals surface area contributed by atoms with Gasteiger partial charge in [-0.3, -0.25) is 0 Å². The number of rotatable bonds is 3. The van der Waals surface area contributed by atoms with Crippen molar-refractivity contribution in [3.05, 3.63) is 47.0 Å². The number of aromatic nitrogens is 2. The van der Waals surface area contributed by atoms with Crippen LogP contribution in [0.15, 0.2) is 24.3 Å². The second-order valence-corrected chi connectivity index (χ2v) is 5.10. The Morgan fingerprint density at radius 1 is 1.20 bits per heavy atom. The molecule has 1 aliphatic rings. The second-order valence-electron chi connectivity index (χ2n) is 5.10. The molecule has 1 aromatic heterocycles. The molecule has 3 rings (SSSR count). The molecule has 2 aromatic rings. The van der Waals surface area contributed by atoms with Crippen LogP contribution in [-0.4, -0.2) is 16.5 Å². The van der Waals surface area contributed by atoms with Gasteiger partial charge in [0.1, 0.15) is 5.82 Å². The van der Waals surface area contributed by atoms with E-state index in [1.54, 1.807) is 12.1 Å². The van der Waals surface area contributed by atoms with Crippen LogP contribution in [-0.2, 0) is 19.4 Å². The van der Waals surface area contributed by atoms with Gasteiger partial charge in [-0.15, -0.1) is 0 Å². The number of nitrogens with one attached hydrogen (secondary N) is 1. The first-order valence-electron chi connectivity index (χ1n) is 7.13. The van der Waals surface area contributed by atoms with Gasteiger partial charge in [0.05, 0.1) is 5.69 Å². The molecule has 0 saturated heterocycles. The van der Waals surface area contributed by atoms with Crippen molar-refractivity contribution in [2.75, 3.05) is 6.54 Å². The number of hydrogen-bond donors (Lipinski definition) is 1. The molecule has 1 N–H and O–H groups in total. The molecule has 0 aliphatic carbocycles. The summed E-state index contributed by atoms with van der Waals surface area (Å²) >= 11 is 0. The van der Waals surface area contributed by atoms with Crippen molar-refractivity contribution >= 4 is 0 Å². The Morgan fingerprint density at radius 2 is 2.00 bits per heavy atom. The van der Waals surface area contributed by atoms with Gasteiger partial charge in [0.25, 0.3) is 0 Å². The van der Waals surface area contributed by atoms with Crippen molar-refractivity contribution in [1.29, 1.82) is 0 Å². The topological polar surface area (TPSA) is 37.8 Å². The van der Waals surface area contributed by atoms with Crippen LogP contribution in [0.1, 0.15) is 30.3 Å². The molecule has 0 spiro atoms. The lowest BCUT2D eigenvalue weighted by molar-refractivity contribution is 0.615. The van der Waals surface area contributed by atoms with Gasteiger partial charge in [-0.2, -0.15) is 0 Å². The molecule has 0 amide bonds. The summed E-state index contributed by atoms with van der Waals surface area (Å²) in [6, 6.07) is 6.40. The Labute approximate surface area is 118 Å². The molecule has 20 heavy (non-hydrogen) atoms. The molecule has 4 heteroatoms. The molecule has 1 aliphatic heterocycles. The summed E-state index contributed by atoms with van der Waals surface area (Å²) in [5, 5.41) is 3.38. The number of aryl methyl sites for hydroxylation is 1. The normalized spacial score (nSPS) is 14.1. The summed E-state index contributed by atoms with van der Waals surface area (Å²) in [6.07, 6.45) is 2.95. The second kappa shape index (κ2) is 5.67. The van der Waals surface area contributed by atoms with Crippen molar-refractivity contribution in [3.8, 4) is 11.4 Å². The summed E-state index contributed by atoms with van der Waals surface area (Å²) < 4.78 is 13.0. The highest BCUT2D eigenvalue weighted by atomic mass is 19.1. The van der Waals surface area contributed by atoms with Gasteiger partial charge < -0.3 is 5.32 Å². The molecule has 2 heterocycles. The lowest BCUT2D eigenvalue weighted by atomic mass is 10.0. The standard InChI is InChI=1S/C16H18FN3/c1-2-3-14-13-10-18-9-8-15(13)20-16(19-14)11-4-6-12(17)7-5-11/h4-7,18H,2-3,8-10H2,1H3. The molecular weight excluding hydrogens is 253 g/mol. The van der Waals surface area contributed by atoms with Crippen molar-refractivity contribution in [2.45, 2.75) is 32.7 Å². The molecule has 104 valence electrons. The summed E-state index contributed by atoms with van der Waals surface area (Å²) in [5.74, 6) is 0.485. The van der Waals surface area contributed by atoms with E-state index < -0.39 is 0 Å². The molecule has 1 aromatic carbocycles. The first kappa shape index (κ1) is 13.2. The number of hydrogen-bond acceptors (Lipinski definition) is 3. The maximum absolute atomic E-state index is 13.0. The van der Waals surface area contributed by atoms with Crippen LogP contribution in [0, 0.1) is 5.82 Å². The fraction of sp³-hybridized carbons (Fsp3) is 0.375. The molecule has 0 bridgehead atoms.